The summed E-state index contributed by atoms with van der Waals surface area (Å²) >= 11 is 6.27. The second kappa shape index (κ2) is 8.28. The number of nitrogen functional groups attached to an aromatic ring is 1. The van der Waals surface area contributed by atoms with Crippen molar-refractivity contribution in [3.8, 4) is 0 Å². The summed E-state index contributed by atoms with van der Waals surface area (Å²) in [6.45, 7) is 11.9. The van der Waals surface area contributed by atoms with Gasteiger partial charge in [-0.05, 0) is 51.2 Å². The summed E-state index contributed by atoms with van der Waals surface area (Å²) in [5.41, 5.74) is 7.53. The van der Waals surface area contributed by atoms with Gasteiger partial charge >= 0.3 is 0 Å². The van der Waals surface area contributed by atoms with Gasteiger partial charge in [-0.25, -0.2) is 0 Å². The quantitative estimate of drug-likeness (QED) is 0.742. The maximum atomic E-state index is 6.27. The predicted molar refractivity (Wildman–Crippen MR) is 86.2 cm³/mol. The second-order valence-electron chi connectivity index (χ2n) is 4.67. The van der Waals surface area contributed by atoms with Gasteiger partial charge < -0.3 is 15.5 Å². The lowest BCUT2D eigenvalue weighted by Crippen LogP contribution is -2.30. The molecule has 108 valence electrons. The van der Waals surface area contributed by atoms with Crippen LogP contribution in [0.1, 0.15) is 27.2 Å². The van der Waals surface area contributed by atoms with Gasteiger partial charge in [-0.3, -0.25) is 0 Å². The summed E-state index contributed by atoms with van der Waals surface area (Å²) in [6.07, 6.45) is 1.15. The zero-order chi connectivity index (χ0) is 14.3. The molecule has 0 aromatic heterocycles. The number of rotatable bonds is 8. The summed E-state index contributed by atoms with van der Waals surface area (Å²) < 4.78 is 0. The molecule has 0 bridgehead atoms. The molecular formula is C15H26ClN3. The van der Waals surface area contributed by atoms with Gasteiger partial charge in [0.2, 0.25) is 0 Å². The highest BCUT2D eigenvalue weighted by molar-refractivity contribution is 6.33. The van der Waals surface area contributed by atoms with Gasteiger partial charge in [0.15, 0.2) is 0 Å². The number of nitrogens with zero attached hydrogens (tertiary/aromatic N) is 2. The Bertz CT molecular complexity index is 378. The first-order valence-electron chi connectivity index (χ1n) is 7.14. The molecule has 4 heteroatoms. The third kappa shape index (κ3) is 4.92. The van der Waals surface area contributed by atoms with Crippen molar-refractivity contribution in [3.63, 3.8) is 0 Å². The van der Waals surface area contributed by atoms with Crippen molar-refractivity contribution in [2.45, 2.75) is 27.2 Å². The first-order chi connectivity index (χ1) is 9.12. The van der Waals surface area contributed by atoms with Crippen LogP contribution in [0.3, 0.4) is 0 Å². The van der Waals surface area contributed by atoms with Crippen LogP contribution in [0.15, 0.2) is 18.2 Å². The van der Waals surface area contributed by atoms with Gasteiger partial charge in [-0.15, -0.1) is 0 Å². The van der Waals surface area contributed by atoms with Gasteiger partial charge in [0.1, 0.15) is 0 Å². The number of nitrogens with two attached hydrogens (primary N) is 1. The molecular weight excluding hydrogens is 258 g/mol. The van der Waals surface area contributed by atoms with Crippen molar-refractivity contribution < 1.29 is 0 Å². The minimum absolute atomic E-state index is 0.716. The average Bonchev–Trinajstić information content (AvgIpc) is 2.40. The lowest BCUT2D eigenvalue weighted by Gasteiger charge is -2.26. The molecule has 0 saturated heterocycles. The van der Waals surface area contributed by atoms with E-state index < -0.39 is 0 Å². The molecule has 0 amide bonds. The monoisotopic (exact) mass is 283 g/mol. The van der Waals surface area contributed by atoms with E-state index in [1.54, 1.807) is 0 Å². The highest BCUT2D eigenvalue weighted by Crippen LogP contribution is 2.27. The summed E-state index contributed by atoms with van der Waals surface area (Å²) in [4.78, 5) is 4.75. The Morgan fingerprint density at radius 2 is 1.74 bits per heavy atom. The number of hydrogen-bond acceptors (Lipinski definition) is 3. The van der Waals surface area contributed by atoms with Gasteiger partial charge in [0, 0.05) is 18.8 Å². The average molecular weight is 284 g/mol. The normalized spacial score (nSPS) is 11.0. The van der Waals surface area contributed by atoms with Crippen LogP contribution in [0.4, 0.5) is 11.4 Å². The van der Waals surface area contributed by atoms with E-state index in [2.05, 4.69) is 30.6 Å². The molecule has 0 atom stereocenters. The number of hydrogen-bond donors (Lipinski definition) is 1. The molecule has 1 aromatic carbocycles. The van der Waals surface area contributed by atoms with E-state index in [4.69, 9.17) is 17.3 Å². The lowest BCUT2D eigenvalue weighted by atomic mass is 10.2. The zero-order valence-electron chi connectivity index (χ0n) is 12.3. The van der Waals surface area contributed by atoms with E-state index in [9.17, 15) is 0 Å². The van der Waals surface area contributed by atoms with E-state index in [-0.39, 0.29) is 0 Å². The largest absolute Gasteiger partial charge is 0.399 e. The zero-order valence-corrected chi connectivity index (χ0v) is 13.1. The molecule has 0 heterocycles. The Morgan fingerprint density at radius 3 is 2.26 bits per heavy atom. The summed E-state index contributed by atoms with van der Waals surface area (Å²) in [5.74, 6) is 0. The maximum absolute atomic E-state index is 6.27. The van der Waals surface area contributed by atoms with Gasteiger partial charge in [-0.1, -0.05) is 25.4 Å². The first kappa shape index (κ1) is 16.1. The van der Waals surface area contributed by atoms with Crippen LogP contribution < -0.4 is 10.6 Å². The first-order valence-corrected chi connectivity index (χ1v) is 7.52. The van der Waals surface area contributed by atoms with Gasteiger partial charge in [-0.2, -0.15) is 0 Å². The smallest absolute Gasteiger partial charge is 0.0660 e. The van der Waals surface area contributed by atoms with Crippen molar-refractivity contribution in [2.75, 3.05) is 43.4 Å². The van der Waals surface area contributed by atoms with Crippen LogP contribution in [0.2, 0.25) is 5.02 Å². The maximum Gasteiger partial charge on any atom is 0.0660 e. The Kier molecular flexibility index (Phi) is 7.03. The van der Waals surface area contributed by atoms with Gasteiger partial charge in [0.25, 0.3) is 0 Å². The highest BCUT2D eigenvalue weighted by atomic mass is 35.5. The van der Waals surface area contributed by atoms with E-state index in [0.29, 0.717) is 5.69 Å². The van der Waals surface area contributed by atoms with Crippen molar-refractivity contribution in [2.24, 2.45) is 0 Å². The Balaban J connectivity index is 2.58. The lowest BCUT2D eigenvalue weighted by molar-refractivity contribution is 0.301. The molecule has 1 rings (SSSR count). The topological polar surface area (TPSA) is 32.5 Å². The third-order valence-electron chi connectivity index (χ3n) is 3.49. The van der Waals surface area contributed by atoms with E-state index in [1.807, 2.05) is 18.2 Å². The molecule has 0 aliphatic carbocycles. The SMILES string of the molecule is CCN(CC)CCCN(CC)c1ccc(N)cc1Cl. The Hall–Kier alpha value is -0.930. The molecule has 0 unspecified atom stereocenters. The Labute approximate surface area is 122 Å². The number of anilines is 2. The van der Waals surface area contributed by atoms with Crippen molar-refractivity contribution in [1.29, 1.82) is 0 Å². The van der Waals surface area contributed by atoms with Crippen molar-refractivity contribution in [3.05, 3.63) is 23.2 Å². The standard InChI is InChI=1S/C15H26ClN3/c1-4-18(5-2)10-7-11-19(6-3)15-9-8-13(17)12-14(15)16/h8-9,12H,4-7,10-11,17H2,1-3H3. The summed E-state index contributed by atoms with van der Waals surface area (Å²) in [5, 5.41) is 0.740. The van der Waals surface area contributed by atoms with Crippen LogP contribution in [0, 0.1) is 0 Å². The fraction of sp³-hybridized carbons (Fsp3) is 0.600. The van der Waals surface area contributed by atoms with E-state index >= 15 is 0 Å². The van der Waals surface area contributed by atoms with E-state index in [0.717, 1.165) is 49.9 Å². The third-order valence-corrected chi connectivity index (χ3v) is 3.79. The van der Waals surface area contributed by atoms with Crippen molar-refractivity contribution >= 4 is 23.0 Å². The molecule has 0 aliphatic rings. The molecule has 3 nitrogen and oxygen atoms in total. The molecule has 0 radical (unpaired) electrons. The van der Waals surface area contributed by atoms with Crippen LogP contribution >= 0.6 is 11.6 Å². The van der Waals surface area contributed by atoms with Crippen LogP contribution in [-0.2, 0) is 0 Å². The Morgan fingerprint density at radius 1 is 1.05 bits per heavy atom. The molecule has 0 fully saturated rings. The van der Waals surface area contributed by atoms with Crippen LogP contribution in [0.5, 0.6) is 0 Å². The molecule has 1 aromatic rings. The molecule has 0 aliphatic heterocycles. The molecule has 0 spiro atoms. The fourth-order valence-corrected chi connectivity index (χ4v) is 2.56. The highest BCUT2D eigenvalue weighted by Gasteiger charge is 2.09. The van der Waals surface area contributed by atoms with Crippen molar-refractivity contribution in [1.82, 2.24) is 4.90 Å². The molecule has 2 N–H and O–H groups in total. The van der Waals surface area contributed by atoms with Gasteiger partial charge in [0.05, 0.1) is 10.7 Å². The predicted octanol–water partition coefficient (Wildman–Crippen LogP) is 3.48. The van der Waals surface area contributed by atoms with Crippen LogP contribution in [-0.4, -0.2) is 37.6 Å². The second-order valence-corrected chi connectivity index (χ2v) is 5.08. The fourth-order valence-electron chi connectivity index (χ4n) is 2.25. The summed E-state index contributed by atoms with van der Waals surface area (Å²) in [7, 11) is 0. The molecule has 19 heavy (non-hydrogen) atoms. The van der Waals surface area contributed by atoms with E-state index in [1.165, 1.54) is 0 Å². The number of halogens is 1. The minimum atomic E-state index is 0.716. The molecule has 0 saturated carbocycles. The van der Waals surface area contributed by atoms with Crippen LogP contribution in [0.25, 0.3) is 0 Å². The number of benzene rings is 1. The summed E-state index contributed by atoms with van der Waals surface area (Å²) in [6, 6.07) is 5.75. The minimum Gasteiger partial charge on any atom is -0.399 e.